The van der Waals surface area contributed by atoms with Crippen molar-refractivity contribution in [1.82, 2.24) is 9.55 Å². The van der Waals surface area contributed by atoms with E-state index >= 15 is 0 Å². The van der Waals surface area contributed by atoms with Gasteiger partial charge in [-0.2, -0.15) is 5.26 Å². The van der Waals surface area contributed by atoms with Gasteiger partial charge in [-0.25, -0.2) is 9.37 Å². The van der Waals surface area contributed by atoms with E-state index in [9.17, 15) is 9.65 Å². The van der Waals surface area contributed by atoms with Crippen molar-refractivity contribution in [3.63, 3.8) is 0 Å². The van der Waals surface area contributed by atoms with Gasteiger partial charge < -0.3 is 9.47 Å². The largest absolute Gasteiger partial charge is 0.328 e. The van der Waals surface area contributed by atoms with Crippen LogP contribution < -0.4 is 4.90 Å². The third kappa shape index (κ3) is 5.24. The van der Waals surface area contributed by atoms with E-state index in [-0.39, 0.29) is 11.9 Å². The zero-order chi connectivity index (χ0) is 36.2. The molecule has 0 N–H and O–H groups in total. The fourth-order valence-corrected chi connectivity index (χ4v) is 7.98. The smallest absolute Gasteiger partial charge is 0.123 e. The Labute approximate surface area is 312 Å². The van der Waals surface area contributed by atoms with Crippen LogP contribution in [0.3, 0.4) is 0 Å². The van der Waals surface area contributed by atoms with Crippen LogP contribution >= 0.6 is 0 Å². The number of fused-ring (bicyclic) bond motifs is 7. The number of hydrogen-bond donors (Lipinski definition) is 0. The van der Waals surface area contributed by atoms with Gasteiger partial charge >= 0.3 is 0 Å². The molecule has 1 aliphatic carbocycles. The zero-order valence-electron chi connectivity index (χ0n) is 29.1. The zero-order valence-corrected chi connectivity index (χ0v) is 29.1. The molecule has 0 saturated carbocycles. The lowest BCUT2D eigenvalue weighted by Gasteiger charge is -2.37. The van der Waals surface area contributed by atoms with Crippen molar-refractivity contribution in [3.05, 3.63) is 204 Å². The van der Waals surface area contributed by atoms with Crippen molar-refractivity contribution >= 4 is 33.9 Å². The molecule has 4 nitrogen and oxygen atoms in total. The summed E-state index contributed by atoms with van der Waals surface area (Å²) in [6.45, 7) is 0. The molecule has 3 heterocycles. The molecule has 0 spiro atoms. The average Bonchev–Trinajstić information content (AvgIpc) is 3.47. The molecule has 1 atom stereocenters. The van der Waals surface area contributed by atoms with Crippen LogP contribution in [-0.2, 0) is 0 Å². The number of halogens is 1. The van der Waals surface area contributed by atoms with Crippen molar-refractivity contribution in [2.75, 3.05) is 4.90 Å². The first kappa shape index (κ1) is 31.4. The summed E-state index contributed by atoms with van der Waals surface area (Å²) in [4.78, 5) is 7.55. The Morgan fingerprint density at radius 1 is 0.593 bits per heavy atom. The Morgan fingerprint density at radius 2 is 1.24 bits per heavy atom. The molecule has 10 rings (SSSR count). The Kier molecular flexibility index (Phi) is 7.42. The minimum absolute atomic E-state index is 0.0709. The van der Waals surface area contributed by atoms with Gasteiger partial charge in [0.1, 0.15) is 5.82 Å². The molecule has 0 amide bonds. The second-order valence-electron chi connectivity index (χ2n) is 13.6. The molecular formula is C49H31FN4. The molecule has 2 bridgehead atoms. The molecule has 0 saturated heterocycles. The van der Waals surface area contributed by atoms with Crippen molar-refractivity contribution < 1.29 is 4.39 Å². The van der Waals surface area contributed by atoms with Crippen LogP contribution in [0.25, 0.3) is 61.9 Å². The standard InChI is InChI=1S/C49H31FN4/c50-38-23-18-34(19-24-38)44-28-37(33-16-14-32(31-51)15-17-33)29-45(52-44)35-20-25-40(26-21-35)54-47-13-7-5-11-42(47)43-27-22-36-30-48(49(43)54)53(39-8-2-1-3-9-39)46-12-6-4-10-41(36)46/h1-30,48H. The summed E-state index contributed by atoms with van der Waals surface area (Å²) in [6.07, 6.45) is 6.96. The summed E-state index contributed by atoms with van der Waals surface area (Å²) in [5.74, 6) is -0.292. The van der Waals surface area contributed by atoms with Crippen molar-refractivity contribution in [2.45, 2.75) is 6.04 Å². The molecule has 8 aromatic rings. The molecule has 1 unspecified atom stereocenters. The average molecular weight is 695 g/mol. The van der Waals surface area contributed by atoms with Crippen LogP contribution in [0.4, 0.5) is 15.8 Å². The predicted molar refractivity (Wildman–Crippen MR) is 217 cm³/mol. The monoisotopic (exact) mass is 694 g/mol. The number of para-hydroxylation sites is 3. The van der Waals surface area contributed by atoms with Crippen molar-refractivity contribution in [2.24, 2.45) is 0 Å². The van der Waals surface area contributed by atoms with Gasteiger partial charge in [0.15, 0.2) is 0 Å². The first-order valence-electron chi connectivity index (χ1n) is 18.0. The summed E-state index contributed by atoms with van der Waals surface area (Å²) in [5, 5.41) is 10.6. The maximum Gasteiger partial charge on any atom is 0.123 e. The van der Waals surface area contributed by atoms with E-state index in [0.717, 1.165) is 50.5 Å². The number of pyridine rings is 1. The van der Waals surface area contributed by atoms with Crippen LogP contribution in [0, 0.1) is 17.1 Å². The molecule has 1 aliphatic heterocycles. The third-order valence-corrected chi connectivity index (χ3v) is 10.5. The van der Waals surface area contributed by atoms with Gasteiger partial charge in [-0.05, 0) is 108 Å². The van der Waals surface area contributed by atoms with E-state index in [1.807, 2.05) is 30.3 Å². The van der Waals surface area contributed by atoms with Gasteiger partial charge in [0.2, 0.25) is 0 Å². The van der Waals surface area contributed by atoms with Gasteiger partial charge in [0.25, 0.3) is 0 Å². The Bertz CT molecular complexity index is 2820. The highest BCUT2D eigenvalue weighted by atomic mass is 19.1. The first-order valence-corrected chi connectivity index (χ1v) is 18.0. The predicted octanol–water partition coefficient (Wildman–Crippen LogP) is 12.3. The lowest BCUT2D eigenvalue weighted by atomic mass is 9.93. The quantitative estimate of drug-likeness (QED) is 0.180. The lowest BCUT2D eigenvalue weighted by molar-refractivity contribution is 0.628. The number of nitriles is 1. The highest BCUT2D eigenvalue weighted by Crippen LogP contribution is 2.50. The number of hydrogen-bond acceptors (Lipinski definition) is 3. The van der Waals surface area contributed by atoms with E-state index in [1.165, 1.54) is 45.6 Å². The number of rotatable bonds is 5. The summed E-state index contributed by atoms with van der Waals surface area (Å²) in [5.41, 5.74) is 15.2. The molecule has 2 aromatic heterocycles. The van der Waals surface area contributed by atoms with Crippen LogP contribution in [0.1, 0.15) is 28.4 Å². The second-order valence-corrected chi connectivity index (χ2v) is 13.6. The topological polar surface area (TPSA) is 44.9 Å². The fourth-order valence-electron chi connectivity index (χ4n) is 7.98. The Balaban J connectivity index is 1.13. The molecule has 254 valence electrons. The third-order valence-electron chi connectivity index (χ3n) is 10.5. The molecule has 0 radical (unpaired) electrons. The van der Waals surface area contributed by atoms with Gasteiger partial charge in [0, 0.05) is 44.7 Å². The first-order chi connectivity index (χ1) is 26.6. The summed E-state index contributed by atoms with van der Waals surface area (Å²) < 4.78 is 16.3. The molecule has 54 heavy (non-hydrogen) atoms. The maximum absolute atomic E-state index is 13.9. The number of benzene rings is 6. The number of anilines is 2. The van der Waals surface area contributed by atoms with E-state index in [1.54, 1.807) is 12.1 Å². The molecule has 5 heteroatoms. The van der Waals surface area contributed by atoms with E-state index < -0.39 is 0 Å². The molecular weight excluding hydrogens is 664 g/mol. The van der Waals surface area contributed by atoms with Gasteiger partial charge in [0.05, 0.1) is 40.3 Å². The minimum atomic E-state index is -0.292. The molecule has 6 aromatic carbocycles. The van der Waals surface area contributed by atoms with Crippen LogP contribution in [0.2, 0.25) is 0 Å². The highest BCUT2D eigenvalue weighted by molar-refractivity contribution is 6.00. The Morgan fingerprint density at radius 3 is 1.98 bits per heavy atom. The fraction of sp³-hybridized carbons (Fsp3) is 0.0204. The minimum Gasteiger partial charge on any atom is -0.328 e. The normalized spacial score (nSPS) is 14.2. The van der Waals surface area contributed by atoms with Crippen LogP contribution in [0.15, 0.2) is 176 Å². The maximum atomic E-state index is 13.9. The summed E-state index contributed by atoms with van der Waals surface area (Å²) >= 11 is 0. The molecule has 0 fully saturated rings. The number of aromatic nitrogens is 2. The molecule has 2 aliphatic rings. The van der Waals surface area contributed by atoms with Crippen molar-refractivity contribution in [1.29, 1.82) is 5.26 Å². The highest BCUT2D eigenvalue weighted by Gasteiger charge is 2.34. The second kappa shape index (κ2) is 12.7. The summed E-state index contributed by atoms with van der Waals surface area (Å²) in [6, 6.07) is 56.8. The lowest BCUT2D eigenvalue weighted by Crippen LogP contribution is -2.28. The van der Waals surface area contributed by atoms with Crippen LogP contribution in [-0.4, -0.2) is 9.55 Å². The van der Waals surface area contributed by atoms with Crippen LogP contribution in [0.5, 0.6) is 0 Å². The van der Waals surface area contributed by atoms with Gasteiger partial charge in [-0.3, -0.25) is 0 Å². The van der Waals surface area contributed by atoms with Gasteiger partial charge in [-0.1, -0.05) is 91.0 Å². The van der Waals surface area contributed by atoms with Gasteiger partial charge in [-0.15, -0.1) is 0 Å². The number of allylic oxidation sites excluding steroid dienone is 2. The van der Waals surface area contributed by atoms with Crippen molar-refractivity contribution in [3.8, 4) is 45.4 Å². The Hall–Kier alpha value is -7.29. The summed E-state index contributed by atoms with van der Waals surface area (Å²) in [7, 11) is 0. The number of nitrogens with zero attached hydrogens (tertiary/aromatic N) is 4. The van der Waals surface area contributed by atoms with E-state index in [2.05, 4.69) is 143 Å². The van der Waals surface area contributed by atoms with E-state index in [0.29, 0.717) is 5.56 Å². The SMILES string of the molecule is N#Cc1ccc(-c2cc(-c3ccc(F)cc3)nc(-c3ccc(-n4c5c(c6ccccc64)C=CC4=CC5N(c5ccccc5)c5ccccc54)cc3)c2)cc1. The van der Waals surface area contributed by atoms with E-state index in [4.69, 9.17) is 4.98 Å².